The fraction of sp³-hybridized carbons (Fsp3) is 0.714. The summed E-state index contributed by atoms with van der Waals surface area (Å²) in [6.45, 7) is 8.49. The molecule has 4 nitrogen and oxygen atoms in total. The van der Waals surface area contributed by atoms with Gasteiger partial charge in [-0.3, -0.25) is 0 Å². The number of thiophene rings is 1. The van der Waals surface area contributed by atoms with Crippen LogP contribution in [0.2, 0.25) is 0 Å². The first kappa shape index (κ1) is 17.6. The number of hydrogen-bond acceptors (Lipinski definition) is 4. The predicted molar refractivity (Wildman–Crippen MR) is 83.3 cm³/mol. The second kappa shape index (κ2) is 7.54. The number of nitrogens with zero attached hydrogens (tertiary/aromatic N) is 1. The van der Waals surface area contributed by atoms with Crippen molar-refractivity contribution < 1.29 is 13.5 Å². The number of hydrogen-bond donors (Lipinski definition) is 1. The van der Waals surface area contributed by atoms with E-state index in [-0.39, 0.29) is 18.6 Å². The zero-order valence-corrected chi connectivity index (χ0v) is 14.3. The lowest BCUT2D eigenvalue weighted by Gasteiger charge is -2.30. The molecule has 0 radical (unpaired) electrons. The van der Waals surface area contributed by atoms with Crippen LogP contribution in [0.3, 0.4) is 0 Å². The summed E-state index contributed by atoms with van der Waals surface area (Å²) in [6, 6.07) is 1.61. The second-order valence-corrected chi connectivity index (χ2v) is 8.40. The van der Waals surface area contributed by atoms with E-state index < -0.39 is 10.0 Å². The molecule has 1 rings (SSSR count). The molecule has 1 aromatic heterocycles. The molecule has 0 bridgehead atoms. The van der Waals surface area contributed by atoms with Gasteiger partial charge in [-0.05, 0) is 35.8 Å². The van der Waals surface area contributed by atoms with Crippen molar-refractivity contribution in [3.63, 3.8) is 0 Å². The van der Waals surface area contributed by atoms with Crippen LogP contribution in [0.5, 0.6) is 0 Å². The van der Waals surface area contributed by atoms with Crippen molar-refractivity contribution in [1.29, 1.82) is 0 Å². The molecule has 0 amide bonds. The minimum Gasteiger partial charge on any atom is -0.392 e. The van der Waals surface area contributed by atoms with Crippen LogP contribution in [0.15, 0.2) is 15.7 Å². The normalized spacial score (nSPS) is 12.8. The van der Waals surface area contributed by atoms with Gasteiger partial charge in [0, 0.05) is 12.6 Å². The highest BCUT2D eigenvalue weighted by Gasteiger charge is 2.31. The molecule has 0 spiro atoms. The molecule has 1 heterocycles. The fourth-order valence-corrected chi connectivity index (χ4v) is 5.45. The van der Waals surface area contributed by atoms with Gasteiger partial charge in [-0.25, -0.2) is 8.42 Å². The highest BCUT2D eigenvalue weighted by Crippen LogP contribution is 2.27. The Kier molecular flexibility index (Phi) is 6.64. The Bertz CT molecular complexity index is 504. The minimum atomic E-state index is -3.47. The van der Waals surface area contributed by atoms with Crippen molar-refractivity contribution in [3.8, 4) is 0 Å². The summed E-state index contributed by atoms with van der Waals surface area (Å²) in [5.74, 6) is 0.280. The van der Waals surface area contributed by atoms with Crippen LogP contribution in [-0.2, 0) is 16.6 Å². The topological polar surface area (TPSA) is 57.6 Å². The number of sulfonamides is 1. The average Bonchev–Trinajstić information content (AvgIpc) is 2.88. The lowest BCUT2D eigenvalue weighted by Crippen LogP contribution is -2.41. The largest absolute Gasteiger partial charge is 0.392 e. The summed E-state index contributed by atoms with van der Waals surface area (Å²) in [5, 5.41) is 10.8. The molecule has 0 saturated carbocycles. The molecule has 0 aliphatic heterocycles. The van der Waals surface area contributed by atoms with E-state index in [1.165, 1.54) is 11.3 Å². The summed E-state index contributed by atoms with van der Waals surface area (Å²) >= 11 is 1.19. The standard InChI is InChI=1S/C14H25NO3S2/c1-5-13(6-2)15(8-11(3)4)20(17,18)14-7-12(9-16)10-19-14/h7,10-11,13,16H,5-6,8-9H2,1-4H3. The van der Waals surface area contributed by atoms with Crippen molar-refractivity contribution in [2.75, 3.05) is 6.54 Å². The summed E-state index contributed by atoms with van der Waals surface area (Å²) in [7, 11) is -3.47. The molecule has 0 aliphatic carbocycles. The van der Waals surface area contributed by atoms with Gasteiger partial charge in [0.1, 0.15) is 4.21 Å². The Morgan fingerprint density at radius 1 is 1.30 bits per heavy atom. The quantitative estimate of drug-likeness (QED) is 0.801. The monoisotopic (exact) mass is 319 g/mol. The van der Waals surface area contributed by atoms with Crippen molar-refractivity contribution in [1.82, 2.24) is 4.31 Å². The lowest BCUT2D eigenvalue weighted by atomic mass is 10.1. The molecule has 1 aromatic rings. The molecular weight excluding hydrogens is 294 g/mol. The van der Waals surface area contributed by atoms with Gasteiger partial charge in [-0.1, -0.05) is 27.7 Å². The molecule has 116 valence electrons. The van der Waals surface area contributed by atoms with Gasteiger partial charge >= 0.3 is 0 Å². The zero-order chi connectivity index (χ0) is 15.3. The first-order valence-electron chi connectivity index (χ1n) is 7.06. The number of aliphatic hydroxyl groups is 1. The van der Waals surface area contributed by atoms with E-state index in [0.29, 0.717) is 16.3 Å². The Balaban J connectivity index is 3.15. The van der Waals surface area contributed by atoms with Gasteiger partial charge in [-0.15, -0.1) is 11.3 Å². The van der Waals surface area contributed by atoms with Gasteiger partial charge in [0.05, 0.1) is 6.61 Å². The summed E-state index contributed by atoms with van der Waals surface area (Å²) < 4.78 is 27.6. The van der Waals surface area contributed by atoms with E-state index in [2.05, 4.69) is 0 Å². The molecule has 0 fully saturated rings. The van der Waals surface area contributed by atoms with Crippen molar-refractivity contribution in [3.05, 3.63) is 17.0 Å². The van der Waals surface area contributed by atoms with Crippen LogP contribution in [0.25, 0.3) is 0 Å². The molecule has 0 aliphatic rings. The van der Waals surface area contributed by atoms with Gasteiger partial charge in [0.15, 0.2) is 0 Å². The molecule has 20 heavy (non-hydrogen) atoms. The van der Waals surface area contributed by atoms with E-state index in [9.17, 15) is 8.42 Å². The summed E-state index contributed by atoms with van der Waals surface area (Å²) in [4.78, 5) is 0. The fourth-order valence-electron chi connectivity index (χ4n) is 2.19. The first-order chi connectivity index (χ1) is 9.36. The van der Waals surface area contributed by atoms with E-state index in [0.717, 1.165) is 12.8 Å². The van der Waals surface area contributed by atoms with Crippen LogP contribution in [0.4, 0.5) is 0 Å². The highest BCUT2D eigenvalue weighted by atomic mass is 32.2. The first-order valence-corrected chi connectivity index (χ1v) is 9.38. The second-order valence-electron chi connectivity index (χ2n) is 5.37. The smallest absolute Gasteiger partial charge is 0.252 e. The molecular formula is C14H25NO3S2. The van der Waals surface area contributed by atoms with E-state index in [1.807, 2.05) is 27.7 Å². The molecule has 0 aromatic carbocycles. The van der Waals surface area contributed by atoms with Gasteiger partial charge in [0.25, 0.3) is 10.0 Å². The maximum absolute atomic E-state index is 12.8. The number of rotatable bonds is 8. The van der Waals surface area contributed by atoms with Crippen LogP contribution in [0.1, 0.15) is 46.1 Å². The Hall–Kier alpha value is -0.430. The lowest BCUT2D eigenvalue weighted by molar-refractivity contribution is 0.277. The zero-order valence-electron chi connectivity index (χ0n) is 12.7. The predicted octanol–water partition coefficient (Wildman–Crippen LogP) is 3.08. The van der Waals surface area contributed by atoms with E-state index in [4.69, 9.17) is 5.11 Å². The van der Waals surface area contributed by atoms with Gasteiger partial charge in [0.2, 0.25) is 0 Å². The summed E-state index contributed by atoms with van der Waals surface area (Å²) in [5.41, 5.74) is 0.655. The molecule has 1 N–H and O–H groups in total. The maximum atomic E-state index is 12.8. The Morgan fingerprint density at radius 3 is 2.30 bits per heavy atom. The molecule has 0 saturated heterocycles. The van der Waals surface area contributed by atoms with Crippen LogP contribution < -0.4 is 0 Å². The molecule has 0 unspecified atom stereocenters. The minimum absolute atomic E-state index is 0.0297. The molecule has 0 atom stereocenters. The average molecular weight is 319 g/mol. The Labute approximate surface area is 126 Å². The van der Waals surface area contributed by atoms with E-state index in [1.54, 1.807) is 15.8 Å². The summed E-state index contributed by atoms with van der Waals surface area (Å²) in [6.07, 6.45) is 1.61. The highest BCUT2D eigenvalue weighted by molar-refractivity contribution is 7.91. The third kappa shape index (κ3) is 4.04. The van der Waals surface area contributed by atoms with Crippen LogP contribution >= 0.6 is 11.3 Å². The van der Waals surface area contributed by atoms with E-state index >= 15 is 0 Å². The third-order valence-electron chi connectivity index (χ3n) is 3.27. The maximum Gasteiger partial charge on any atom is 0.252 e. The van der Waals surface area contributed by atoms with Gasteiger partial charge in [-0.2, -0.15) is 4.31 Å². The van der Waals surface area contributed by atoms with Crippen molar-refractivity contribution in [2.45, 2.75) is 57.4 Å². The number of aliphatic hydroxyl groups excluding tert-OH is 1. The SMILES string of the molecule is CCC(CC)N(CC(C)C)S(=O)(=O)c1cc(CO)cs1. The van der Waals surface area contributed by atoms with Gasteiger partial charge < -0.3 is 5.11 Å². The molecule has 6 heteroatoms. The van der Waals surface area contributed by atoms with Crippen LogP contribution in [0, 0.1) is 5.92 Å². The van der Waals surface area contributed by atoms with Crippen LogP contribution in [-0.4, -0.2) is 30.4 Å². The van der Waals surface area contributed by atoms with Crippen molar-refractivity contribution >= 4 is 21.4 Å². The van der Waals surface area contributed by atoms with Crippen molar-refractivity contribution in [2.24, 2.45) is 5.92 Å². The third-order valence-corrected chi connectivity index (χ3v) is 6.65. The Morgan fingerprint density at radius 2 is 1.90 bits per heavy atom.